The predicted octanol–water partition coefficient (Wildman–Crippen LogP) is 5.34. The third-order valence-corrected chi connectivity index (χ3v) is 8.02. The second-order valence-corrected chi connectivity index (χ2v) is 10.9. The SMILES string of the molecule is Cn1nc2c(=O)n(CC3(O)CCN(Cc4ccc(-c5ccco5)cc4Cl)CC3)cnc2c1-c1ccc(OC(F)F)cc1. The monoisotopic (exact) mass is 595 g/mol. The summed E-state index contributed by atoms with van der Waals surface area (Å²) in [6.45, 7) is -0.911. The fourth-order valence-electron chi connectivity index (χ4n) is 5.44. The van der Waals surface area contributed by atoms with Gasteiger partial charge in [0.15, 0.2) is 5.52 Å². The van der Waals surface area contributed by atoms with Crippen molar-refractivity contribution in [2.75, 3.05) is 13.1 Å². The largest absolute Gasteiger partial charge is 0.464 e. The van der Waals surface area contributed by atoms with Crippen molar-refractivity contribution in [1.29, 1.82) is 0 Å². The minimum atomic E-state index is -2.92. The molecule has 2 aromatic carbocycles. The van der Waals surface area contributed by atoms with Gasteiger partial charge in [-0.1, -0.05) is 23.7 Å². The molecule has 12 heteroatoms. The molecule has 1 aliphatic rings. The van der Waals surface area contributed by atoms with Crippen molar-refractivity contribution in [2.45, 2.75) is 38.1 Å². The Morgan fingerprint density at radius 1 is 1.10 bits per heavy atom. The topological polar surface area (TPSA) is 98.6 Å². The van der Waals surface area contributed by atoms with Gasteiger partial charge in [-0.15, -0.1) is 0 Å². The molecule has 0 atom stereocenters. The fraction of sp³-hybridized carbons (Fsp3) is 0.300. The minimum absolute atomic E-state index is 0.0286. The molecule has 1 N–H and O–H groups in total. The molecule has 1 saturated heterocycles. The van der Waals surface area contributed by atoms with Gasteiger partial charge >= 0.3 is 6.61 Å². The van der Waals surface area contributed by atoms with Crippen LogP contribution >= 0.6 is 11.6 Å². The number of alkyl halides is 2. The van der Waals surface area contributed by atoms with Crippen LogP contribution in [-0.4, -0.2) is 54.6 Å². The Balaban J connectivity index is 1.14. The maximum atomic E-state index is 13.4. The number of aliphatic hydroxyl groups is 1. The molecule has 9 nitrogen and oxygen atoms in total. The number of hydrogen-bond donors (Lipinski definition) is 1. The van der Waals surface area contributed by atoms with Gasteiger partial charge in [0.05, 0.1) is 30.4 Å². The van der Waals surface area contributed by atoms with Crippen LogP contribution in [-0.2, 0) is 20.1 Å². The smallest absolute Gasteiger partial charge is 0.387 e. The van der Waals surface area contributed by atoms with Gasteiger partial charge in [0.1, 0.15) is 17.0 Å². The highest BCUT2D eigenvalue weighted by Gasteiger charge is 2.33. The molecule has 0 unspecified atom stereocenters. The molecule has 4 heterocycles. The molecule has 3 aromatic heterocycles. The number of rotatable bonds is 8. The van der Waals surface area contributed by atoms with Gasteiger partial charge in [-0.25, -0.2) is 4.98 Å². The molecular formula is C30H28ClF2N5O4. The molecule has 0 radical (unpaired) electrons. The van der Waals surface area contributed by atoms with Crippen molar-refractivity contribution in [3.05, 3.63) is 88.1 Å². The standard InChI is InChI=1S/C30H28ClF2N5O4/c1-36-27(19-6-8-22(9-7-19)42-29(32)33)25-26(35-36)28(39)38(18-34-25)17-30(40)10-12-37(13-11-30)16-21-5-4-20(15-23(21)31)24-3-2-14-41-24/h2-9,14-15,18,29,40H,10-13,16-17H2,1H3. The quantitative estimate of drug-likeness (QED) is 0.259. The number of fused-ring (bicyclic) bond motifs is 1. The third kappa shape index (κ3) is 5.67. The van der Waals surface area contributed by atoms with E-state index >= 15 is 0 Å². The van der Waals surface area contributed by atoms with Crippen LogP contribution in [0.25, 0.3) is 33.6 Å². The number of aromatic nitrogens is 4. The maximum Gasteiger partial charge on any atom is 0.387 e. The Morgan fingerprint density at radius 2 is 1.83 bits per heavy atom. The molecular weight excluding hydrogens is 568 g/mol. The van der Waals surface area contributed by atoms with Crippen molar-refractivity contribution in [1.82, 2.24) is 24.2 Å². The van der Waals surface area contributed by atoms with E-state index in [-0.39, 0.29) is 23.4 Å². The maximum absolute atomic E-state index is 13.4. The summed E-state index contributed by atoms with van der Waals surface area (Å²) >= 11 is 6.57. The number of benzene rings is 2. The summed E-state index contributed by atoms with van der Waals surface area (Å²) in [6.07, 6.45) is 4.00. The zero-order chi connectivity index (χ0) is 29.4. The van der Waals surface area contributed by atoms with Crippen LogP contribution in [0.2, 0.25) is 5.02 Å². The predicted molar refractivity (Wildman–Crippen MR) is 153 cm³/mol. The van der Waals surface area contributed by atoms with E-state index in [4.69, 9.17) is 16.0 Å². The molecule has 42 heavy (non-hydrogen) atoms. The van der Waals surface area contributed by atoms with E-state index in [1.54, 1.807) is 25.4 Å². The van der Waals surface area contributed by atoms with Gasteiger partial charge in [-0.3, -0.25) is 18.9 Å². The van der Waals surface area contributed by atoms with Gasteiger partial charge < -0.3 is 14.3 Å². The highest BCUT2D eigenvalue weighted by molar-refractivity contribution is 6.31. The Labute approximate surface area is 244 Å². The summed E-state index contributed by atoms with van der Waals surface area (Å²) < 4.78 is 37.8. The van der Waals surface area contributed by atoms with Crippen LogP contribution < -0.4 is 10.3 Å². The number of aryl methyl sites for hydroxylation is 1. The summed E-state index contributed by atoms with van der Waals surface area (Å²) in [5.41, 5.74) is 2.23. The van der Waals surface area contributed by atoms with Crippen LogP contribution in [0.1, 0.15) is 18.4 Å². The Hall–Kier alpha value is -4.06. The number of ether oxygens (including phenoxy) is 1. The summed E-state index contributed by atoms with van der Waals surface area (Å²) in [5.74, 6) is 0.786. The Morgan fingerprint density at radius 3 is 2.50 bits per heavy atom. The number of hydrogen-bond acceptors (Lipinski definition) is 7. The first-order valence-corrected chi connectivity index (χ1v) is 13.8. The van der Waals surface area contributed by atoms with E-state index in [0.717, 1.165) is 16.9 Å². The van der Waals surface area contributed by atoms with Crippen LogP contribution in [0, 0.1) is 0 Å². The minimum Gasteiger partial charge on any atom is -0.464 e. The fourth-order valence-corrected chi connectivity index (χ4v) is 5.68. The van der Waals surface area contributed by atoms with Gasteiger partial charge in [0.25, 0.3) is 5.56 Å². The lowest BCUT2D eigenvalue weighted by atomic mass is 9.91. The average Bonchev–Trinajstić information content (AvgIpc) is 3.61. The van der Waals surface area contributed by atoms with Crippen LogP contribution in [0.4, 0.5) is 8.78 Å². The zero-order valence-electron chi connectivity index (χ0n) is 22.7. The molecule has 0 aliphatic carbocycles. The lowest BCUT2D eigenvalue weighted by Crippen LogP contribution is -2.47. The van der Waals surface area contributed by atoms with Crippen LogP contribution in [0.5, 0.6) is 5.75 Å². The molecule has 6 rings (SSSR count). The van der Waals surface area contributed by atoms with E-state index in [1.807, 2.05) is 30.3 Å². The van der Waals surface area contributed by atoms with E-state index in [9.17, 15) is 18.7 Å². The first-order valence-electron chi connectivity index (χ1n) is 13.4. The normalized spacial score (nSPS) is 15.5. The lowest BCUT2D eigenvalue weighted by molar-refractivity contribution is -0.0498. The van der Waals surface area contributed by atoms with E-state index in [1.165, 1.54) is 27.7 Å². The zero-order valence-corrected chi connectivity index (χ0v) is 23.5. The van der Waals surface area contributed by atoms with E-state index < -0.39 is 12.2 Å². The summed E-state index contributed by atoms with van der Waals surface area (Å²) in [7, 11) is 1.68. The highest BCUT2D eigenvalue weighted by atomic mass is 35.5. The number of nitrogens with zero attached hydrogens (tertiary/aromatic N) is 5. The Kier molecular flexibility index (Phi) is 7.56. The first-order chi connectivity index (χ1) is 20.2. The number of furan rings is 1. The molecule has 218 valence electrons. The van der Waals surface area contributed by atoms with E-state index in [2.05, 4.69) is 19.7 Å². The molecule has 5 aromatic rings. The van der Waals surface area contributed by atoms with Crippen molar-refractivity contribution < 1.29 is 23.0 Å². The third-order valence-electron chi connectivity index (χ3n) is 7.67. The van der Waals surface area contributed by atoms with Crippen molar-refractivity contribution in [3.8, 4) is 28.3 Å². The van der Waals surface area contributed by atoms with Crippen molar-refractivity contribution in [3.63, 3.8) is 0 Å². The molecule has 1 aliphatic heterocycles. The summed E-state index contributed by atoms with van der Waals surface area (Å²) in [5, 5.41) is 16.4. The molecule has 0 bridgehead atoms. The number of likely N-dealkylation sites (tertiary alicyclic amines) is 1. The molecule has 1 fully saturated rings. The second kappa shape index (κ2) is 11.3. The van der Waals surface area contributed by atoms with Crippen molar-refractivity contribution >= 4 is 22.6 Å². The van der Waals surface area contributed by atoms with Gasteiger partial charge in [-0.2, -0.15) is 13.9 Å². The summed E-state index contributed by atoms with van der Waals surface area (Å²) in [6, 6.07) is 15.7. The lowest BCUT2D eigenvalue weighted by Gasteiger charge is -2.38. The molecule has 0 spiro atoms. The molecule has 0 saturated carbocycles. The van der Waals surface area contributed by atoms with Gasteiger partial charge in [0, 0.05) is 42.8 Å². The Bertz CT molecular complexity index is 1760. The number of piperidine rings is 1. The van der Waals surface area contributed by atoms with Gasteiger partial charge in [0.2, 0.25) is 0 Å². The first kappa shape index (κ1) is 28.1. The van der Waals surface area contributed by atoms with Gasteiger partial charge in [-0.05, 0) is 60.9 Å². The van der Waals surface area contributed by atoms with Crippen molar-refractivity contribution in [2.24, 2.45) is 7.05 Å². The van der Waals surface area contributed by atoms with E-state index in [0.29, 0.717) is 54.3 Å². The highest BCUT2D eigenvalue weighted by Crippen LogP contribution is 2.31. The number of halogens is 3. The summed E-state index contributed by atoms with van der Waals surface area (Å²) in [4.78, 5) is 20.1. The van der Waals surface area contributed by atoms with Crippen LogP contribution in [0.3, 0.4) is 0 Å². The molecule has 0 amide bonds. The second-order valence-electron chi connectivity index (χ2n) is 10.5. The average molecular weight is 596 g/mol. The van der Waals surface area contributed by atoms with Crippen LogP contribution in [0.15, 0.2) is 76.4 Å².